The van der Waals surface area contributed by atoms with Gasteiger partial charge in [0.25, 0.3) is 0 Å². The molecule has 2 N–H and O–H groups in total. The van der Waals surface area contributed by atoms with Crippen LogP contribution >= 0.6 is 0 Å². The highest BCUT2D eigenvalue weighted by Gasteiger charge is 2.25. The summed E-state index contributed by atoms with van der Waals surface area (Å²) in [5.41, 5.74) is 7.33. The molecule has 218 valence electrons. The molecule has 0 saturated carbocycles. The number of pyridine rings is 1. The van der Waals surface area contributed by atoms with Crippen molar-refractivity contribution in [2.24, 2.45) is 0 Å². The van der Waals surface area contributed by atoms with Gasteiger partial charge in [-0.15, -0.1) is 0 Å². The SMILES string of the molecule is CN1CCN(CCCN2CCCn3c4ccccc4c4nc5cc(NCCN6CCC(O)CC6)ccc5c2c43)CC1. The molecule has 4 aromatic rings. The predicted octanol–water partition coefficient (Wildman–Crippen LogP) is 4.06. The number of aryl methyl sites for hydroxylation is 1. The number of fused-ring (bicyclic) bond motifs is 5. The van der Waals surface area contributed by atoms with Crippen molar-refractivity contribution >= 4 is 44.2 Å². The minimum Gasteiger partial charge on any atom is -0.393 e. The summed E-state index contributed by atoms with van der Waals surface area (Å²) >= 11 is 0. The number of aliphatic hydroxyl groups is 1. The van der Waals surface area contributed by atoms with Gasteiger partial charge in [-0.2, -0.15) is 0 Å². The number of piperidine rings is 1. The van der Waals surface area contributed by atoms with Crippen LogP contribution in [0.2, 0.25) is 0 Å². The molecule has 0 unspecified atom stereocenters. The maximum atomic E-state index is 9.82. The minimum atomic E-state index is -0.120. The zero-order chi connectivity index (χ0) is 27.8. The lowest BCUT2D eigenvalue weighted by molar-refractivity contribution is 0.0845. The number of para-hydroxylation sites is 1. The smallest absolute Gasteiger partial charge is 0.0988 e. The number of hydrogen-bond acceptors (Lipinski definition) is 7. The third kappa shape index (κ3) is 5.50. The number of hydrogen-bond donors (Lipinski definition) is 2. The van der Waals surface area contributed by atoms with E-state index in [9.17, 15) is 5.11 Å². The highest BCUT2D eigenvalue weighted by Crippen LogP contribution is 2.41. The molecule has 0 bridgehead atoms. The van der Waals surface area contributed by atoms with Gasteiger partial charge in [0, 0.05) is 88.5 Å². The summed E-state index contributed by atoms with van der Waals surface area (Å²) < 4.78 is 2.54. The van der Waals surface area contributed by atoms with Crippen molar-refractivity contribution in [1.82, 2.24) is 24.3 Å². The van der Waals surface area contributed by atoms with Crippen molar-refractivity contribution in [3.63, 3.8) is 0 Å². The number of nitrogens with zero attached hydrogens (tertiary/aromatic N) is 6. The van der Waals surface area contributed by atoms with Crippen molar-refractivity contribution < 1.29 is 5.11 Å². The van der Waals surface area contributed by atoms with Crippen molar-refractivity contribution in [1.29, 1.82) is 0 Å². The lowest BCUT2D eigenvalue weighted by Crippen LogP contribution is -2.45. The van der Waals surface area contributed by atoms with Crippen LogP contribution in [0.15, 0.2) is 42.5 Å². The fourth-order valence-corrected chi connectivity index (χ4v) is 7.19. The zero-order valence-electron chi connectivity index (χ0n) is 24.6. The molecule has 2 saturated heterocycles. The molecule has 8 nitrogen and oxygen atoms in total. The second-order valence-electron chi connectivity index (χ2n) is 12.4. The first-order chi connectivity index (χ1) is 20.1. The molecule has 3 aliphatic rings. The van der Waals surface area contributed by atoms with Crippen LogP contribution in [0.3, 0.4) is 0 Å². The third-order valence-electron chi connectivity index (χ3n) is 9.59. The molecule has 2 aromatic heterocycles. The van der Waals surface area contributed by atoms with Crippen LogP contribution < -0.4 is 10.2 Å². The van der Waals surface area contributed by atoms with Gasteiger partial charge in [0.15, 0.2) is 0 Å². The fourth-order valence-electron chi connectivity index (χ4n) is 7.19. The number of anilines is 2. The van der Waals surface area contributed by atoms with E-state index in [-0.39, 0.29) is 6.10 Å². The van der Waals surface area contributed by atoms with Gasteiger partial charge < -0.3 is 34.6 Å². The van der Waals surface area contributed by atoms with Crippen LogP contribution in [0.1, 0.15) is 25.7 Å². The van der Waals surface area contributed by atoms with E-state index in [0.717, 1.165) is 81.8 Å². The van der Waals surface area contributed by atoms with Gasteiger partial charge in [-0.05, 0) is 63.5 Å². The van der Waals surface area contributed by atoms with Crippen LogP contribution in [-0.4, -0.2) is 115 Å². The standard InChI is InChI=1S/C33H45N7O/c1-36-20-22-37(23-21-36)13-4-14-39-15-5-16-40-30-7-3-2-6-28(30)31-33(40)32(39)27-9-8-25(24-29(27)35-31)34-12-19-38-17-10-26(41)11-18-38/h2-3,6-9,24,26,34,41H,4-5,10-23H2,1H3. The summed E-state index contributed by atoms with van der Waals surface area (Å²) in [4.78, 5) is 15.5. The van der Waals surface area contributed by atoms with Crippen molar-refractivity contribution in [3.8, 4) is 0 Å². The van der Waals surface area contributed by atoms with E-state index in [2.05, 4.69) is 79.0 Å². The molecule has 3 aliphatic heterocycles. The Labute approximate surface area is 243 Å². The molecular weight excluding hydrogens is 510 g/mol. The summed E-state index contributed by atoms with van der Waals surface area (Å²) in [6.45, 7) is 12.9. The van der Waals surface area contributed by atoms with Gasteiger partial charge in [-0.3, -0.25) is 0 Å². The first kappa shape index (κ1) is 27.0. The third-order valence-corrected chi connectivity index (χ3v) is 9.59. The normalized spacial score (nSPS) is 19.9. The van der Waals surface area contributed by atoms with E-state index >= 15 is 0 Å². The van der Waals surface area contributed by atoms with E-state index in [0.29, 0.717) is 0 Å². The summed E-state index contributed by atoms with van der Waals surface area (Å²) in [6, 6.07) is 15.6. The summed E-state index contributed by atoms with van der Waals surface area (Å²) in [5.74, 6) is 0. The van der Waals surface area contributed by atoms with Crippen LogP contribution in [0.5, 0.6) is 0 Å². The van der Waals surface area contributed by atoms with Gasteiger partial charge >= 0.3 is 0 Å². The Morgan fingerprint density at radius 2 is 1.66 bits per heavy atom. The van der Waals surface area contributed by atoms with E-state index in [1.165, 1.54) is 66.6 Å². The van der Waals surface area contributed by atoms with Gasteiger partial charge in [0.1, 0.15) is 0 Å². The Balaban J connectivity index is 1.18. The molecule has 5 heterocycles. The largest absolute Gasteiger partial charge is 0.393 e. The second-order valence-corrected chi connectivity index (χ2v) is 12.4. The van der Waals surface area contributed by atoms with Crippen molar-refractivity contribution in [2.45, 2.75) is 38.3 Å². The molecule has 0 spiro atoms. The highest BCUT2D eigenvalue weighted by molar-refractivity contribution is 6.17. The number of benzene rings is 2. The number of piperazine rings is 1. The number of rotatable bonds is 8. The predicted molar refractivity (Wildman–Crippen MR) is 170 cm³/mol. The number of likely N-dealkylation sites (N-methyl/N-ethyl adjacent to an activating group) is 1. The first-order valence-corrected chi connectivity index (χ1v) is 15.8. The number of aromatic nitrogens is 2. The molecule has 0 atom stereocenters. The van der Waals surface area contributed by atoms with E-state index in [4.69, 9.17) is 4.98 Å². The van der Waals surface area contributed by atoms with Crippen LogP contribution in [0, 0.1) is 0 Å². The second kappa shape index (κ2) is 11.8. The quantitative estimate of drug-likeness (QED) is 0.340. The molecule has 41 heavy (non-hydrogen) atoms. The number of aliphatic hydroxyl groups excluding tert-OH is 1. The zero-order valence-corrected chi connectivity index (χ0v) is 24.6. The lowest BCUT2D eigenvalue weighted by atomic mass is 10.1. The Hall–Kier alpha value is -2.91. The number of likely N-dealkylation sites (tertiary alicyclic amines) is 1. The average molecular weight is 556 g/mol. The number of nitrogens with one attached hydrogen (secondary N) is 1. The summed E-state index contributed by atoms with van der Waals surface area (Å²) in [5, 5.41) is 16.0. The van der Waals surface area contributed by atoms with E-state index in [1.807, 2.05) is 0 Å². The molecule has 8 heteroatoms. The topological polar surface area (TPSA) is 63.0 Å². The average Bonchev–Trinajstić information content (AvgIpc) is 3.17. The maximum absolute atomic E-state index is 9.82. The van der Waals surface area contributed by atoms with Crippen LogP contribution in [0.4, 0.5) is 11.4 Å². The Morgan fingerprint density at radius 3 is 2.51 bits per heavy atom. The van der Waals surface area contributed by atoms with E-state index < -0.39 is 0 Å². The van der Waals surface area contributed by atoms with Gasteiger partial charge in [0.05, 0.1) is 33.9 Å². The van der Waals surface area contributed by atoms with Crippen LogP contribution in [0.25, 0.3) is 32.8 Å². The molecule has 0 amide bonds. The van der Waals surface area contributed by atoms with Gasteiger partial charge in [-0.1, -0.05) is 18.2 Å². The Morgan fingerprint density at radius 1 is 0.854 bits per heavy atom. The molecular formula is C33H45N7O. The molecule has 0 aliphatic carbocycles. The van der Waals surface area contributed by atoms with Crippen molar-refractivity contribution in [3.05, 3.63) is 42.5 Å². The summed E-state index contributed by atoms with van der Waals surface area (Å²) in [6.07, 6.45) is 3.98. The molecule has 2 aromatic carbocycles. The molecule has 2 fully saturated rings. The fraction of sp³-hybridized carbons (Fsp3) is 0.545. The Bertz CT molecular complexity index is 1500. The van der Waals surface area contributed by atoms with Gasteiger partial charge in [0.2, 0.25) is 0 Å². The van der Waals surface area contributed by atoms with E-state index in [1.54, 1.807) is 0 Å². The van der Waals surface area contributed by atoms with Gasteiger partial charge in [-0.25, -0.2) is 4.98 Å². The maximum Gasteiger partial charge on any atom is 0.0988 e. The summed E-state index contributed by atoms with van der Waals surface area (Å²) in [7, 11) is 2.23. The monoisotopic (exact) mass is 555 g/mol. The minimum absolute atomic E-state index is 0.120. The molecule has 7 rings (SSSR count). The lowest BCUT2D eigenvalue weighted by Gasteiger charge is -2.33. The van der Waals surface area contributed by atoms with Crippen LogP contribution in [-0.2, 0) is 6.54 Å². The van der Waals surface area contributed by atoms with Crippen molar-refractivity contribution in [2.75, 3.05) is 89.3 Å². The Kier molecular flexibility index (Phi) is 7.73. The first-order valence-electron chi connectivity index (χ1n) is 15.8. The molecule has 0 radical (unpaired) electrons. The highest BCUT2D eigenvalue weighted by atomic mass is 16.3.